The van der Waals surface area contributed by atoms with Crippen LogP contribution >= 0.6 is 0 Å². The number of ketones is 2. The number of carbonyl (C=O) groups is 2. The van der Waals surface area contributed by atoms with Gasteiger partial charge in [0.1, 0.15) is 0 Å². The summed E-state index contributed by atoms with van der Waals surface area (Å²) in [6.07, 6.45) is 1.74. The summed E-state index contributed by atoms with van der Waals surface area (Å²) in [5, 5.41) is 1.95. The van der Waals surface area contributed by atoms with Crippen molar-refractivity contribution in [2.75, 3.05) is 0 Å². The van der Waals surface area contributed by atoms with E-state index in [2.05, 4.69) is 4.98 Å². The third-order valence-electron chi connectivity index (χ3n) is 5.11. The van der Waals surface area contributed by atoms with E-state index in [9.17, 15) is 9.59 Å². The van der Waals surface area contributed by atoms with Crippen LogP contribution < -0.4 is 0 Å². The number of benzene rings is 2. The molecule has 4 heteroatoms. The number of hydrogen-bond acceptors (Lipinski definition) is 3. The zero-order valence-electron chi connectivity index (χ0n) is 15.2. The fourth-order valence-electron chi connectivity index (χ4n) is 3.80. The molecule has 5 aromatic rings. The Kier molecular flexibility index (Phi) is 3.59. The monoisotopic (exact) mass is 364 g/mol. The molecule has 0 aliphatic rings. The number of aromatic nitrogens is 2. The lowest BCUT2D eigenvalue weighted by Crippen LogP contribution is -2.06. The molecule has 0 saturated carbocycles. The highest BCUT2D eigenvalue weighted by atomic mass is 16.1. The van der Waals surface area contributed by atoms with Crippen LogP contribution in [0, 0.1) is 0 Å². The fraction of sp³-hybridized carbons (Fsp3) is 0.0417. The summed E-state index contributed by atoms with van der Waals surface area (Å²) in [5.74, 6) is -0.194. The Hall–Kier alpha value is -3.79. The first-order valence-electron chi connectivity index (χ1n) is 9.08. The summed E-state index contributed by atoms with van der Waals surface area (Å²) >= 11 is 0. The van der Waals surface area contributed by atoms with Crippen LogP contribution in [0.1, 0.15) is 33.3 Å². The molecule has 0 N–H and O–H groups in total. The number of rotatable bonds is 3. The molecule has 28 heavy (non-hydrogen) atoms. The molecule has 3 heterocycles. The van der Waals surface area contributed by atoms with Gasteiger partial charge in [-0.05, 0) is 25.1 Å². The summed E-state index contributed by atoms with van der Waals surface area (Å²) in [4.78, 5) is 30.2. The van der Waals surface area contributed by atoms with Crippen molar-refractivity contribution in [2.45, 2.75) is 6.92 Å². The van der Waals surface area contributed by atoms with Gasteiger partial charge in [-0.2, -0.15) is 0 Å². The van der Waals surface area contributed by atoms with Crippen LogP contribution in [-0.4, -0.2) is 21.0 Å². The lowest BCUT2D eigenvalue weighted by Gasteiger charge is -2.10. The Morgan fingerprint density at radius 1 is 0.857 bits per heavy atom. The maximum absolute atomic E-state index is 13.3. The largest absolute Gasteiger partial charge is 0.303 e. The van der Waals surface area contributed by atoms with E-state index >= 15 is 0 Å². The molecule has 4 nitrogen and oxygen atoms in total. The number of carbonyl (C=O) groups excluding carboxylic acids is 2. The Morgan fingerprint density at radius 3 is 2.39 bits per heavy atom. The van der Waals surface area contributed by atoms with Crippen molar-refractivity contribution < 1.29 is 9.59 Å². The standard InChI is InChI=1S/C24H16N2O2/c1-15(27)19-14-21(24(28)18-6-3-2-4-7-18)26-20(19)12-11-17-10-9-16-8-5-13-25-22(16)23(17)26/h2-14H,1H3. The molecule has 2 aromatic carbocycles. The summed E-state index contributed by atoms with van der Waals surface area (Å²) in [6, 6.07) is 22.6. The second-order valence-electron chi connectivity index (χ2n) is 6.83. The molecule has 0 aliphatic carbocycles. The molecular weight excluding hydrogens is 348 g/mol. The first kappa shape index (κ1) is 16.4. The van der Waals surface area contributed by atoms with Gasteiger partial charge in [0, 0.05) is 28.1 Å². The average molecular weight is 364 g/mol. The molecule has 0 radical (unpaired) electrons. The van der Waals surface area contributed by atoms with Crippen LogP contribution in [0.5, 0.6) is 0 Å². The lowest BCUT2D eigenvalue weighted by atomic mass is 10.1. The average Bonchev–Trinajstić information content (AvgIpc) is 3.13. The zero-order chi connectivity index (χ0) is 19.3. The van der Waals surface area contributed by atoms with Gasteiger partial charge < -0.3 is 4.40 Å². The van der Waals surface area contributed by atoms with Crippen LogP contribution in [0.3, 0.4) is 0 Å². The minimum absolute atomic E-state index is 0.0721. The molecule has 0 saturated heterocycles. The van der Waals surface area contributed by atoms with E-state index in [1.165, 1.54) is 6.92 Å². The molecule has 0 aliphatic heterocycles. The molecule has 134 valence electrons. The number of Topliss-reactive ketones (excluding diaryl/α,β-unsaturated/α-hetero) is 1. The van der Waals surface area contributed by atoms with Gasteiger partial charge in [0.25, 0.3) is 0 Å². The van der Waals surface area contributed by atoms with E-state index < -0.39 is 0 Å². The minimum Gasteiger partial charge on any atom is -0.303 e. The van der Waals surface area contributed by atoms with E-state index in [-0.39, 0.29) is 11.6 Å². The smallest absolute Gasteiger partial charge is 0.209 e. The van der Waals surface area contributed by atoms with Gasteiger partial charge in [-0.1, -0.05) is 54.6 Å². The molecule has 3 aromatic heterocycles. The van der Waals surface area contributed by atoms with Crippen molar-refractivity contribution >= 4 is 38.9 Å². The van der Waals surface area contributed by atoms with Gasteiger partial charge in [0.05, 0.1) is 22.2 Å². The van der Waals surface area contributed by atoms with Crippen LogP contribution in [0.2, 0.25) is 0 Å². The van der Waals surface area contributed by atoms with Crippen molar-refractivity contribution in [2.24, 2.45) is 0 Å². The van der Waals surface area contributed by atoms with Crippen molar-refractivity contribution in [3.05, 3.63) is 95.8 Å². The highest BCUT2D eigenvalue weighted by Gasteiger charge is 2.21. The number of hydrogen-bond donors (Lipinski definition) is 0. The van der Waals surface area contributed by atoms with E-state index in [1.807, 2.05) is 59.0 Å². The van der Waals surface area contributed by atoms with E-state index in [4.69, 9.17) is 0 Å². The van der Waals surface area contributed by atoms with Crippen molar-refractivity contribution in [1.82, 2.24) is 9.38 Å². The molecular formula is C24H16N2O2. The van der Waals surface area contributed by atoms with E-state index in [1.54, 1.807) is 24.4 Å². The highest BCUT2D eigenvalue weighted by molar-refractivity contribution is 6.15. The molecule has 5 rings (SSSR count). The van der Waals surface area contributed by atoms with Gasteiger partial charge in [-0.15, -0.1) is 0 Å². The second kappa shape index (κ2) is 6.13. The molecule has 0 atom stereocenters. The predicted octanol–water partition coefficient (Wildman–Crippen LogP) is 5.07. The van der Waals surface area contributed by atoms with Crippen LogP contribution in [0.4, 0.5) is 0 Å². The van der Waals surface area contributed by atoms with Crippen LogP contribution in [-0.2, 0) is 0 Å². The van der Waals surface area contributed by atoms with Crippen molar-refractivity contribution in [1.29, 1.82) is 0 Å². The van der Waals surface area contributed by atoms with Crippen molar-refractivity contribution in [3.63, 3.8) is 0 Å². The Balaban J connectivity index is 1.97. The quantitative estimate of drug-likeness (QED) is 0.332. The lowest BCUT2D eigenvalue weighted by molar-refractivity contribution is 0.101. The third-order valence-corrected chi connectivity index (χ3v) is 5.11. The van der Waals surface area contributed by atoms with E-state index in [0.717, 1.165) is 27.3 Å². The topological polar surface area (TPSA) is 51.4 Å². The minimum atomic E-state index is -0.122. The molecule has 0 bridgehead atoms. The molecule has 0 fully saturated rings. The van der Waals surface area contributed by atoms with Crippen molar-refractivity contribution in [3.8, 4) is 0 Å². The molecule has 0 spiro atoms. The summed E-state index contributed by atoms with van der Waals surface area (Å²) < 4.78 is 1.89. The Morgan fingerprint density at radius 2 is 1.61 bits per heavy atom. The van der Waals surface area contributed by atoms with Gasteiger partial charge >= 0.3 is 0 Å². The first-order valence-corrected chi connectivity index (χ1v) is 9.08. The second-order valence-corrected chi connectivity index (χ2v) is 6.83. The predicted molar refractivity (Wildman–Crippen MR) is 110 cm³/mol. The number of pyridine rings is 2. The van der Waals surface area contributed by atoms with Gasteiger partial charge in [-0.3, -0.25) is 14.6 Å². The fourth-order valence-corrected chi connectivity index (χ4v) is 3.80. The number of nitrogens with zero attached hydrogens (tertiary/aromatic N) is 2. The maximum atomic E-state index is 13.3. The Labute approximate surface area is 161 Å². The normalized spacial score (nSPS) is 11.3. The first-order chi connectivity index (χ1) is 13.6. The summed E-state index contributed by atoms with van der Waals surface area (Å²) in [7, 11) is 0. The van der Waals surface area contributed by atoms with Gasteiger partial charge in [-0.25, -0.2) is 0 Å². The summed E-state index contributed by atoms with van der Waals surface area (Å²) in [5.41, 5.74) is 3.95. The third kappa shape index (κ3) is 2.35. The summed E-state index contributed by atoms with van der Waals surface area (Å²) in [6.45, 7) is 1.53. The molecule has 0 amide bonds. The van der Waals surface area contributed by atoms with Gasteiger partial charge in [0.2, 0.25) is 5.78 Å². The van der Waals surface area contributed by atoms with E-state index in [0.29, 0.717) is 16.8 Å². The Bertz CT molecular complexity index is 1400. The maximum Gasteiger partial charge on any atom is 0.209 e. The van der Waals surface area contributed by atoms with Crippen LogP contribution in [0.25, 0.3) is 27.3 Å². The molecule has 0 unspecified atom stereocenters. The highest BCUT2D eigenvalue weighted by Crippen LogP contribution is 2.30. The van der Waals surface area contributed by atoms with Gasteiger partial charge in [0.15, 0.2) is 5.78 Å². The SMILES string of the molecule is CC(=O)c1cc(C(=O)c2ccccc2)n2c1ccc1ccc3cccnc3c12. The van der Waals surface area contributed by atoms with Crippen LogP contribution in [0.15, 0.2) is 79.0 Å². The zero-order valence-corrected chi connectivity index (χ0v) is 15.2. The number of fused-ring (bicyclic) bond motifs is 5.